The van der Waals surface area contributed by atoms with E-state index in [0.717, 1.165) is 6.42 Å². The van der Waals surface area contributed by atoms with E-state index >= 15 is 0 Å². The Hall–Kier alpha value is -2.14. The first-order valence-electron chi connectivity index (χ1n) is 7.09. The van der Waals surface area contributed by atoms with Crippen molar-refractivity contribution in [3.8, 4) is 0 Å². The number of aryl methyl sites for hydroxylation is 1. The number of carbonyl (C=O) groups excluding carboxylic acids is 1. The van der Waals surface area contributed by atoms with E-state index in [1.165, 1.54) is 11.1 Å². The van der Waals surface area contributed by atoms with E-state index < -0.39 is 0 Å². The standard InChI is InChI=1S/C16H21N3O2/c1-12-4-2-3-5-14(12)8-13(11-20)10-19-16(21)9-15-17-6-7-18-15/h2-7,13,20H,8-11H2,1H3,(H,17,18)(H,19,21). The van der Waals surface area contributed by atoms with Gasteiger partial charge in [-0.15, -0.1) is 0 Å². The molecule has 1 amide bonds. The molecular weight excluding hydrogens is 266 g/mol. The molecule has 112 valence electrons. The van der Waals surface area contributed by atoms with Crippen LogP contribution in [0.15, 0.2) is 36.7 Å². The second-order valence-electron chi connectivity index (χ2n) is 5.20. The molecule has 0 saturated carbocycles. The van der Waals surface area contributed by atoms with Gasteiger partial charge in [-0.05, 0) is 24.5 Å². The molecule has 21 heavy (non-hydrogen) atoms. The molecule has 5 nitrogen and oxygen atoms in total. The highest BCUT2D eigenvalue weighted by molar-refractivity contribution is 5.77. The van der Waals surface area contributed by atoms with Crippen LogP contribution in [0.4, 0.5) is 0 Å². The molecule has 2 rings (SSSR count). The monoisotopic (exact) mass is 287 g/mol. The second kappa shape index (κ2) is 7.59. The van der Waals surface area contributed by atoms with E-state index in [4.69, 9.17) is 0 Å². The Morgan fingerprint density at radius 2 is 2.24 bits per heavy atom. The van der Waals surface area contributed by atoms with Crippen LogP contribution in [0.2, 0.25) is 0 Å². The van der Waals surface area contributed by atoms with Crippen molar-refractivity contribution in [3.63, 3.8) is 0 Å². The number of imidazole rings is 1. The Morgan fingerprint density at radius 3 is 2.90 bits per heavy atom. The Bertz CT molecular complexity index is 567. The Balaban J connectivity index is 1.82. The summed E-state index contributed by atoms with van der Waals surface area (Å²) in [6.07, 6.45) is 4.30. The summed E-state index contributed by atoms with van der Waals surface area (Å²) in [7, 11) is 0. The molecule has 0 radical (unpaired) electrons. The maximum absolute atomic E-state index is 11.8. The van der Waals surface area contributed by atoms with E-state index in [-0.39, 0.29) is 24.9 Å². The van der Waals surface area contributed by atoms with Crippen molar-refractivity contribution < 1.29 is 9.90 Å². The predicted octanol–water partition coefficient (Wildman–Crippen LogP) is 1.23. The molecule has 0 fully saturated rings. The number of aromatic nitrogens is 2. The molecule has 1 aromatic carbocycles. The topological polar surface area (TPSA) is 78.0 Å². The number of nitrogens with one attached hydrogen (secondary N) is 2. The number of rotatable bonds is 7. The average Bonchev–Trinajstić information content (AvgIpc) is 2.98. The lowest BCUT2D eigenvalue weighted by Gasteiger charge is -2.16. The SMILES string of the molecule is Cc1ccccc1CC(CO)CNC(=O)Cc1ncc[nH]1. The van der Waals surface area contributed by atoms with Crippen LogP contribution < -0.4 is 5.32 Å². The third kappa shape index (κ3) is 4.72. The quantitative estimate of drug-likeness (QED) is 0.716. The van der Waals surface area contributed by atoms with Gasteiger partial charge in [0, 0.05) is 31.5 Å². The van der Waals surface area contributed by atoms with Gasteiger partial charge in [-0.3, -0.25) is 4.79 Å². The summed E-state index contributed by atoms with van der Waals surface area (Å²) in [6, 6.07) is 8.10. The highest BCUT2D eigenvalue weighted by Gasteiger charge is 2.12. The summed E-state index contributed by atoms with van der Waals surface area (Å²) >= 11 is 0. The van der Waals surface area contributed by atoms with Crippen LogP contribution in [0.5, 0.6) is 0 Å². The van der Waals surface area contributed by atoms with Crippen LogP contribution in [-0.4, -0.2) is 34.1 Å². The summed E-state index contributed by atoms with van der Waals surface area (Å²) in [5.41, 5.74) is 2.41. The molecule has 0 bridgehead atoms. The zero-order valence-corrected chi connectivity index (χ0v) is 12.2. The number of aliphatic hydroxyl groups excluding tert-OH is 1. The molecule has 1 atom stereocenters. The van der Waals surface area contributed by atoms with Crippen molar-refractivity contribution in [2.75, 3.05) is 13.2 Å². The van der Waals surface area contributed by atoms with Gasteiger partial charge in [-0.1, -0.05) is 24.3 Å². The molecule has 0 saturated heterocycles. The number of aliphatic hydroxyl groups is 1. The number of hydrogen-bond acceptors (Lipinski definition) is 3. The van der Waals surface area contributed by atoms with Crippen LogP contribution >= 0.6 is 0 Å². The van der Waals surface area contributed by atoms with Crippen LogP contribution in [0.3, 0.4) is 0 Å². The molecule has 3 N–H and O–H groups in total. The first-order chi connectivity index (χ1) is 10.2. The number of carbonyl (C=O) groups is 1. The number of nitrogens with zero attached hydrogens (tertiary/aromatic N) is 1. The number of hydrogen-bond donors (Lipinski definition) is 3. The fourth-order valence-corrected chi connectivity index (χ4v) is 2.22. The zero-order chi connectivity index (χ0) is 15.1. The average molecular weight is 287 g/mol. The van der Waals surface area contributed by atoms with Gasteiger partial charge in [0.25, 0.3) is 0 Å². The molecule has 2 aromatic rings. The van der Waals surface area contributed by atoms with Gasteiger partial charge in [-0.25, -0.2) is 4.98 Å². The molecule has 1 aromatic heterocycles. The lowest BCUT2D eigenvalue weighted by molar-refractivity contribution is -0.120. The smallest absolute Gasteiger partial charge is 0.227 e. The molecule has 1 unspecified atom stereocenters. The molecule has 0 aliphatic rings. The number of benzene rings is 1. The lowest BCUT2D eigenvalue weighted by Crippen LogP contribution is -2.33. The van der Waals surface area contributed by atoms with Crippen molar-refractivity contribution in [2.45, 2.75) is 19.8 Å². The van der Waals surface area contributed by atoms with Gasteiger partial charge in [-0.2, -0.15) is 0 Å². The van der Waals surface area contributed by atoms with E-state index in [2.05, 4.69) is 34.3 Å². The Labute approximate surface area is 124 Å². The summed E-state index contributed by atoms with van der Waals surface area (Å²) in [6.45, 7) is 2.57. The molecule has 0 aliphatic carbocycles. The molecular formula is C16H21N3O2. The van der Waals surface area contributed by atoms with Crippen molar-refractivity contribution in [1.29, 1.82) is 0 Å². The van der Waals surface area contributed by atoms with Crippen molar-refractivity contribution in [3.05, 3.63) is 53.6 Å². The molecule has 1 heterocycles. The normalized spacial score (nSPS) is 12.1. The Kier molecular flexibility index (Phi) is 5.51. The van der Waals surface area contributed by atoms with Crippen molar-refractivity contribution in [1.82, 2.24) is 15.3 Å². The van der Waals surface area contributed by atoms with E-state index in [9.17, 15) is 9.90 Å². The van der Waals surface area contributed by atoms with Gasteiger partial charge in [0.05, 0.1) is 6.42 Å². The van der Waals surface area contributed by atoms with Gasteiger partial charge in [0.1, 0.15) is 5.82 Å². The third-order valence-electron chi connectivity index (χ3n) is 3.50. The summed E-state index contributed by atoms with van der Waals surface area (Å²) in [5.74, 6) is 0.576. The highest BCUT2D eigenvalue weighted by Crippen LogP contribution is 2.12. The van der Waals surface area contributed by atoms with E-state index in [1.54, 1.807) is 12.4 Å². The van der Waals surface area contributed by atoms with Crippen molar-refractivity contribution >= 4 is 5.91 Å². The second-order valence-corrected chi connectivity index (χ2v) is 5.20. The third-order valence-corrected chi connectivity index (χ3v) is 3.50. The Morgan fingerprint density at radius 1 is 1.43 bits per heavy atom. The van der Waals surface area contributed by atoms with Crippen molar-refractivity contribution in [2.24, 2.45) is 5.92 Å². The molecule has 5 heteroatoms. The zero-order valence-electron chi connectivity index (χ0n) is 12.2. The van der Waals surface area contributed by atoms with Gasteiger partial charge in [0.15, 0.2) is 0 Å². The first-order valence-corrected chi connectivity index (χ1v) is 7.09. The number of H-pyrrole nitrogens is 1. The first kappa shape index (κ1) is 15.3. The highest BCUT2D eigenvalue weighted by atomic mass is 16.3. The van der Waals surface area contributed by atoms with Crippen LogP contribution in [-0.2, 0) is 17.6 Å². The van der Waals surface area contributed by atoms with Gasteiger partial charge >= 0.3 is 0 Å². The van der Waals surface area contributed by atoms with E-state index in [1.807, 2.05) is 12.1 Å². The minimum Gasteiger partial charge on any atom is -0.396 e. The summed E-state index contributed by atoms with van der Waals surface area (Å²) in [5, 5.41) is 12.3. The van der Waals surface area contributed by atoms with E-state index in [0.29, 0.717) is 12.4 Å². The fraction of sp³-hybridized carbons (Fsp3) is 0.375. The molecule has 0 aliphatic heterocycles. The summed E-state index contributed by atoms with van der Waals surface area (Å²) in [4.78, 5) is 18.7. The summed E-state index contributed by atoms with van der Waals surface area (Å²) < 4.78 is 0. The molecule has 0 spiro atoms. The minimum absolute atomic E-state index is 0.0200. The lowest BCUT2D eigenvalue weighted by atomic mass is 9.96. The van der Waals surface area contributed by atoms with Gasteiger partial charge in [0.2, 0.25) is 5.91 Å². The number of aromatic amines is 1. The fourth-order valence-electron chi connectivity index (χ4n) is 2.22. The maximum atomic E-state index is 11.8. The van der Waals surface area contributed by atoms with Gasteiger partial charge < -0.3 is 15.4 Å². The maximum Gasteiger partial charge on any atom is 0.227 e. The van der Waals surface area contributed by atoms with Crippen LogP contribution in [0.1, 0.15) is 17.0 Å². The van der Waals surface area contributed by atoms with Crippen LogP contribution in [0.25, 0.3) is 0 Å². The largest absolute Gasteiger partial charge is 0.396 e. The van der Waals surface area contributed by atoms with Crippen LogP contribution in [0, 0.1) is 12.8 Å². The number of amides is 1. The predicted molar refractivity (Wildman–Crippen MR) is 80.8 cm³/mol. The minimum atomic E-state index is -0.0896.